The molecule has 5 nitrogen and oxygen atoms in total. The molecule has 5 heteroatoms. The third kappa shape index (κ3) is 2.87. The highest BCUT2D eigenvalue weighted by Crippen LogP contribution is 2.48. The summed E-state index contributed by atoms with van der Waals surface area (Å²) in [5, 5.41) is 0. The van der Waals surface area contributed by atoms with Gasteiger partial charge in [0.2, 0.25) is 5.91 Å². The fourth-order valence-electron chi connectivity index (χ4n) is 5.37. The normalized spacial score (nSPS) is 31.5. The zero-order valence-corrected chi connectivity index (χ0v) is 15.9. The molecule has 2 heterocycles. The molecule has 27 heavy (non-hydrogen) atoms. The van der Waals surface area contributed by atoms with Gasteiger partial charge in [0, 0.05) is 43.7 Å². The Hall–Kier alpha value is -1.88. The quantitative estimate of drug-likeness (QED) is 0.753. The van der Waals surface area contributed by atoms with Gasteiger partial charge in [0.1, 0.15) is 5.60 Å². The van der Waals surface area contributed by atoms with Crippen molar-refractivity contribution < 1.29 is 14.3 Å². The van der Waals surface area contributed by atoms with Crippen LogP contribution >= 0.6 is 0 Å². The number of fused-ring (bicyclic) bond motifs is 2. The lowest BCUT2D eigenvalue weighted by atomic mass is 9.74. The number of amides is 1. The SMILES string of the molecule is O=C1O[C@]2(CC[C@H](C(=O)N3CCN(C4CCC4)CC3)CC2)c2ccccc21. The summed E-state index contributed by atoms with van der Waals surface area (Å²) in [4.78, 5) is 29.9. The van der Waals surface area contributed by atoms with E-state index >= 15 is 0 Å². The predicted molar refractivity (Wildman–Crippen MR) is 101 cm³/mol. The molecule has 0 bridgehead atoms. The Morgan fingerprint density at radius 1 is 1.00 bits per heavy atom. The molecule has 5 rings (SSSR count). The second-order valence-electron chi connectivity index (χ2n) is 8.65. The number of carbonyl (C=O) groups is 2. The van der Waals surface area contributed by atoms with Crippen LogP contribution in [0.5, 0.6) is 0 Å². The average Bonchev–Trinajstić information content (AvgIpc) is 2.93. The first-order valence-corrected chi connectivity index (χ1v) is 10.5. The zero-order valence-electron chi connectivity index (χ0n) is 15.9. The minimum atomic E-state index is -0.493. The molecule has 1 amide bonds. The number of piperazine rings is 1. The van der Waals surface area contributed by atoms with E-state index in [1.807, 2.05) is 24.3 Å². The highest BCUT2D eigenvalue weighted by atomic mass is 16.6. The fourth-order valence-corrected chi connectivity index (χ4v) is 5.37. The monoisotopic (exact) mass is 368 g/mol. The molecule has 1 aromatic carbocycles. The Kier molecular flexibility index (Phi) is 4.23. The molecular weight excluding hydrogens is 340 g/mol. The number of esters is 1. The summed E-state index contributed by atoms with van der Waals surface area (Å²) in [5.74, 6) is 0.190. The molecule has 1 aromatic rings. The lowest BCUT2D eigenvalue weighted by Gasteiger charge is -2.44. The van der Waals surface area contributed by atoms with E-state index in [1.165, 1.54) is 19.3 Å². The summed E-state index contributed by atoms with van der Waals surface area (Å²) >= 11 is 0. The highest BCUT2D eigenvalue weighted by Gasteiger charge is 2.48. The topological polar surface area (TPSA) is 49.9 Å². The van der Waals surface area contributed by atoms with Gasteiger partial charge in [-0.1, -0.05) is 24.6 Å². The van der Waals surface area contributed by atoms with Gasteiger partial charge in [0.15, 0.2) is 0 Å². The van der Waals surface area contributed by atoms with Gasteiger partial charge in [-0.3, -0.25) is 9.69 Å². The van der Waals surface area contributed by atoms with Crippen LogP contribution < -0.4 is 0 Å². The molecule has 3 fully saturated rings. The van der Waals surface area contributed by atoms with Crippen molar-refractivity contribution in [3.8, 4) is 0 Å². The van der Waals surface area contributed by atoms with Gasteiger partial charge in [-0.15, -0.1) is 0 Å². The summed E-state index contributed by atoms with van der Waals surface area (Å²) in [7, 11) is 0. The second-order valence-corrected chi connectivity index (χ2v) is 8.65. The number of nitrogens with zero attached hydrogens (tertiary/aromatic N) is 2. The lowest BCUT2D eigenvalue weighted by molar-refractivity contribution is -0.141. The van der Waals surface area contributed by atoms with Gasteiger partial charge in [-0.25, -0.2) is 4.79 Å². The summed E-state index contributed by atoms with van der Waals surface area (Å²) in [6.07, 6.45) is 7.16. The summed E-state index contributed by atoms with van der Waals surface area (Å²) in [6.45, 7) is 3.79. The van der Waals surface area contributed by atoms with E-state index in [1.54, 1.807) is 0 Å². The van der Waals surface area contributed by atoms with Gasteiger partial charge in [0.25, 0.3) is 0 Å². The van der Waals surface area contributed by atoms with Gasteiger partial charge in [-0.2, -0.15) is 0 Å². The number of ether oxygens (including phenoxy) is 1. The van der Waals surface area contributed by atoms with E-state index in [9.17, 15) is 9.59 Å². The van der Waals surface area contributed by atoms with Gasteiger partial charge >= 0.3 is 5.97 Å². The number of benzene rings is 1. The largest absolute Gasteiger partial charge is 0.451 e. The molecule has 0 N–H and O–H groups in total. The van der Waals surface area contributed by atoms with Crippen LogP contribution in [0, 0.1) is 5.92 Å². The van der Waals surface area contributed by atoms with Crippen LogP contribution in [0.4, 0.5) is 0 Å². The van der Waals surface area contributed by atoms with E-state index in [0.717, 1.165) is 63.5 Å². The van der Waals surface area contributed by atoms with Crippen LogP contribution in [0.1, 0.15) is 60.9 Å². The Morgan fingerprint density at radius 3 is 2.37 bits per heavy atom. The molecular formula is C22H28N2O3. The van der Waals surface area contributed by atoms with Crippen LogP contribution in [0.3, 0.4) is 0 Å². The Morgan fingerprint density at radius 2 is 1.70 bits per heavy atom. The molecule has 4 aliphatic rings. The van der Waals surface area contributed by atoms with Crippen molar-refractivity contribution in [2.45, 2.75) is 56.6 Å². The van der Waals surface area contributed by atoms with Crippen LogP contribution in [0.25, 0.3) is 0 Å². The molecule has 2 aliphatic carbocycles. The molecule has 0 atom stereocenters. The minimum absolute atomic E-state index is 0.0809. The average molecular weight is 368 g/mol. The van der Waals surface area contributed by atoms with E-state index < -0.39 is 5.60 Å². The van der Waals surface area contributed by atoms with Crippen molar-refractivity contribution in [3.63, 3.8) is 0 Å². The first-order valence-electron chi connectivity index (χ1n) is 10.5. The van der Waals surface area contributed by atoms with Crippen LogP contribution in [0.2, 0.25) is 0 Å². The maximum atomic E-state index is 13.0. The summed E-state index contributed by atoms with van der Waals surface area (Å²) in [5.41, 5.74) is 1.23. The van der Waals surface area contributed by atoms with Crippen molar-refractivity contribution >= 4 is 11.9 Å². The Labute approximate surface area is 160 Å². The minimum Gasteiger partial charge on any atom is -0.451 e. The molecule has 0 unspecified atom stereocenters. The zero-order chi connectivity index (χ0) is 18.4. The molecule has 1 saturated heterocycles. The second kappa shape index (κ2) is 6.62. The van der Waals surface area contributed by atoms with E-state index in [0.29, 0.717) is 11.5 Å². The molecule has 0 aromatic heterocycles. The number of hydrogen-bond acceptors (Lipinski definition) is 4. The molecule has 1 spiro atoms. The maximum absolute atomic E-state index is 13.0. The van der Waals surface area contributed by atoms with Crippen molar-refractivity contribution in [1.82, 2.24) is 9.80 Å². The highest BCUT2D eigenvalue weighted by molar-refractivity contribution is 5.94. The van der Waals surface area contributed by atoms with Crippen LogP contribution in [-0.2, 0) is 15.1 Å². The lowest BCUT2D eigenvalue weighted by Crippen LogP contribution is -2.54. The van der Waals surface area contributed by atoms with Gasteiger partial charge in [-0.05, 0) is 44.6 Å². The molecule has 2 saturated carbocycles. The third-order valence-corrected chi connectivity index (χ3v) is 7.29. The maximum Gasteiger partial charge on any atom is 0.339 e. The van der Waals surface area contributed by atoms with Crippen molar-refractivity contribution in [2.75, 3.05) is 26.2 Å². The predicted octanol–water partition coefficient (Wildman–Crippen LogP) is 2.94. The number of carbonyl (C=O) groups excluding carboxylic acids is 2. The van der Waals surface area contributed by atoms with Crippen molar-refractivity contribution in [1.29, 1.82) is 0 Å². The summed E-state index contributed by atoms with van der Waals surface area (Å²) < 4.78 is 5.82. The molecule has 144 valence electrons. The summed E-state index contributed by atoms with van der Waals surface area (Å²) in [6, 6.07) is 8.50. The van der Waals surface area contributed by atoms with E-state index in [4.69, 9.17) is 4.74 Å². The third-order valence-electron chi connectivity index (χ3n) is 7.29. The standard InChI is InChI=1S/C22H28N2O3/c25-20(24-14-12-23(13-15-24)17-4-3-5-17)16-8-10-22(11-9-16)19-7-2-1-6-18(19)21(26)27-22/h1-2,6-7,16-17H,3-5,8-15H2/t16-,22-. The molecule has 2 aliphatic heterocycles. The van der Waals surface area contributed by atoms with Crippen molar-refractivity contribution in [2.24, 2.45) is 5.92 Å². The van der Waals surface area contributed by atoms with Gasteiger partial charge < -0.3 is 9.64 Å². The van der Waals surface area contributed by atoms with Crippen LogP contribution in [0.15, 0.2) is 24.3 Å². The van der Waals surface area contributed by atoms with Crippen molar-refractivity contribution in [3.05, 3.63) is 35.4 Å². The van der Waals surface area contributed by atoms with Gasteiger partial charge in [0.05, 0.1) is 5.56 Å². The Balaban J connectivity index is 1.20. The van der Waals surface area contributed by atoms with E-state index in [2.05, 4.69) is 9.80 Å². The molecule has 0 radical (unpaired) electrons. The fraction of sp³-hybridized carbons (Fsp3) is 0.636. The first-order chi connectivity index (χ1) is 13.2. The Bertz CT molecular complexity index is 742. The first kappa shape index (κ1) is 17.2. The van der Waals surface area contributed by atoms with Crippen LogP contribution in [-0.4, -0.2) is 53.9 Å². The number of rotatable bonds is 2. The smallest absolute Gasteiger partial charge is 0.339 e. The number of hydrogen-bond donors (Lipinski definition) is 0. The van der Waals surface area contributed by atoms with E-state index in [-0.39, 0.29) is 11.9 Å².